The minimum absolute atomic E-state index is 0.0459. The summed E-state index contributed by atoms with van der Waals surface area (Å²) in [6.45, 7) is 5.87. The summed E-state index contributed by atoms with van der Waals surface area (Å²) in [5, 5.41) is 0.176. The molecule has 1 unspecified atom stereocenters. The zero-order valence-electron chi connectivity index (χ0n) is 12.5. The Morgan fingerprint density at radius 3 is 2.52 bits per heavy atom. The van der Waals surface area contributed by atoms with Crippen LogP contribution >= 0.6 is 11.6 Å². The highest BCUT2D eigenvalue weighted by molar-refractivity contribution is 7.89. The number of nitrogens with zero attached hydrogens (tertiary/aromatic N) is 1. The molecule has 1 aromatic rings. The first-order chi connectivity index (χ1) is 9.79. The molecule has 0 spiro atoms. The first-order valence-electron chi connectivity index (χ1n) is 6.81. The van der Waals surface area contributed by atoms with Gasteiger partial charge in [-0.15, -0.1) is 0 Å². The van der Waals surface area contributed by atoms with Gasteiger partial charge < -0.3 is 4.90 Å². The molecular weight excluding hydrogens is 312 g/mol. The van der Waals surface area contributed by atoms with Gasteiger partial charge in [0.2, 0.25) is 15.9 Å². The summed E-state index contributed by atoms with van der Waals surface area (Å²) in [6, 6.07) is 6.33. The number of sulfonamides is 1. The van der Waals surface area contributed by atoms with Crippen LogP contribution in [0.1, 0.15) is 27.2 Å². The molecule has 5 nitrogen and oxygen atoms in total. The summed E-state index contributed by atoms with van der Waals surface area (Å²) in [4.78, 5) is 13.2. The van der Waals surface area contributed by atoms with Crippen molar-refractivity contribution in [2.24, 2.45) is 0 Å². The fourth-order valence-electron chi connectivity index (χ4n) is 1.95. The number of hydrogen-bond donors (Lipinski definition) is 1. The minimum atomic E-state index is -3.66. The van der Waals surface area contributed by atoms with Gasteiger partial charge >= 0.3 is 0 Å². The summed E-state index contributed by atoms with van der Waals surface area (Å²) < 4.78 is 26.8. The summed E-state index contributed by atoms with van der Waals surface area (Å²) in [7, 11) is -3.66. The minimum Gasteiger partial charge on any atom is -0.339 e. The quantitative estimate of drug-likeness (QED) is 0.833. The number of hydrogen-bond acceptors (Lipinski definition) is 3. The van der Waals surface area contributed by atoms with Gasteiger partial charge in [-0.3, -0.25) is 4.79 Å². The van der Waals surface area contributed by atoms with E-state index in [9.17, 15) is 13.2 Å². The van der Waals surface area contributed by atoms with E-state index in [0.29, 0.717) is 6.54 Å². The van der Waals surface area contributed by atoms with Gasteiger partial charge in [-0.2, -0.15) is 0 Å². The Kier molecular flexibility index (Phi) is 6.64. The Morgan fingerprint density at radius 2 is 2.00 bits per heavy atom. The second kappa shape index (κ2) is 7.77. The standard InChI is InChI=1S/C14H21ClN2O3S/c1-4-11(2)17(12(3)18)10-9-16-21(19,20)14-8-6-5-7-13(14)15/h5-8,11,16H,4,9-10H2,1-3H3. The number of nitrogens with one attached hydrogen (secondary N) is 1. The third-order valence-electron chi connectivity index (χ3n) is 3.30. The normalized spacial score (nSPS) is 13.0. The van der Waals surface area contributed by atoms with Crippen LogP contribution in [0, 0.1) is 0 Å². The molecule has 0 saturated carbocycles. The average molecular weight is 333 g/mol. The zero-order chi connectivity index (χ0) is 16.0. The lowest BCUT2D eigenvalue weighted by Gasteiger charge is -2.27. The number of carbonyl (C=O) groups excluding carboxylic acids is 1. The molecule has 1 rings (SSSR count). The molecule has 0 aliphatic rings. The molecule has 118 valence electrons. The summed E-state index contributed by atoms with van der Waals surface area (Å²) >= 11 is 5.89. The van der Waals surface area contributed by atoms with Crippen LogP contribution in [0.25, 0.3) is 0 Å². The molecular formula is C14H21ClN2O3S. The second-order valence-electron chi connectivity index (χ2n) is 4.80. The van der Waals surface area contributed by atoms with Crippen molar-refractivity contribution in [3.8, 4) is 0 Å². The fraction of sp³-hybridized carbons (Fsp3) is 0.500. The smallest absolute Gasteiger partial charge is 0.242 e. The fourth-order valence-corrected chi connectivity index (χ4v) is 3.49. The topological polar surface area (TPSA) is 66.5 Å². The van der Waals surface area contributed by atoms with Gasteiger partial charge in [0.25, 0.3) is 0 Å². The van der Waals surface area contributed by atoms with Crippen LogP contribution in [0.3, 0.4) is 0 Å². The summed E-state index contributed by atoms with van der Waals surface area (Å²) in [5.74, 6) is -0.0682. The molecule has 0 fully saturated rings. The average Bonchev–Trinajstić information content (AvgIpc) is 2.42. The van der Waals surface area contributed by atoms with E-state index in [4.69, 9.17) is 11.6 Å². The Hall–Kier alpha value is -1.11. The maximum absolute atomic E-state index is 12.1. The highest BCUT2D eigenvalue weighted by Crippen LogP contribution is 2.19. The van der Waals surface area contributed by atoms with Crippen molar-refractivity contribution in [2.45, 2.75) is 38.1 Å². The van der Waals surface area contributed by atoms with E-state index in [1.54, 1.807) is 17.0 Å². The maximum Gasteiger partial charge on any atom is 0.242 e. The molecule has 0 heterocycles. The molecule has 0 aliphatic carbocycles. The summed E-state index contributed by atoms with van der Waals surface area (Å²) in [5.41, 5.74) is 0. The van der Waals surface area contributed by atoms with Gasteiger partial charge in [0, 0.05) is 26.1 Å². The van der Waals surface area contributed by atoms with Crippen molar-refractivity contribution < 1.29 is 13.2 Å². The molecule has 0 saturated heterocycles. The molecule has 1 aromatic carbocycles. The summed E-state index contributed by atoms with van der Waals surface area (Å²) in [6.07, 6.45) is 0.816. The van der Waals surface area contributed by atoms with E-state index in [-0.39, 0.29) is 28.4 Å². The van der Waals surface area contributed by atoms with Crippen LogP contribution < -0.4 is 4.72 Å². The lowest BCUT2D eigenvalue weighted by atomic mass is 10.2. The van der Waals surface area contributed by atoms with Crippen molar-refractivity contribution in [1.29, 1.82) is 0 Å². The molecule has 0 aromatic heterocycles. The molecule has 0 radical (unpaired) electrons. The van der Waals surface area contributed by atoms with E-state index >= 15 is 0 Å². The van der Waals surface area contributed by atoms with Gasteiger partial charge in [0.1, 0.15) is 4.90 Å². The van der Waals surface area contributed by atoms with Crippen molar-refractivity contribution >= 4 is 27.5 Å². The van der Waals surface area contributed by atoms with Crippen LogP contribution in [0.4, 0.5) is 0 Å². The first-order valence-corrected chi connectivity index (χ1v) is 8.67. The lowest BCUT2D eigenvalue weighted by molar-refractivity contribution is -0.130. The van der Waals surface area contributed by atoms with E-state index in [2.05, 4.69) is 4.72 Å². The van der Waals surface area contributed by atoms with Crippen LogP contribution in [0.2, 0.25) is 5.02 Å². The van der Waals surface area contributed by atoms with E-state index in [1.807, 2.05) is 13.8 Å². The molecule has 1 N–H and O–H groups in total. The van der Waals surface area contributed by atoms with Crippen LogP contribution in [0.5, 0.6) is 0 Å². The predicted octanol–water partition coefficient (Wildman–Crippen LogP) is 2.27. The SMILES string of the molecule is CCC(C)N(CCNS(=O)(=O)c1ccccc1Cl)C(C)=O. The van der Waals surface area contributed by atoms with Crippen molar-refractivity contribution in [1.82, 2.24) is 9.62 Å². The number of amides is 1. The number of benzene rings is 1. The van der Waals surface area contributed by atoms with Gasteiger partial charge in [-0.05, 0) is 25.5 Å². The molecule has 0 aliphatic heterocycles. The number of rotatable bonds is 7. The van der Waals surface area contributed by atoms with Gasteiger partial charge in [-0.1, -0.05) is 30.7 Å². The largest absolute Gasteiger partial charge is 0.339 e. The highest BCUT2D eigenvalue weighted by Gasteiger charge is 2.19. The molecule has 0 bridgehead atoms. The van der Waals surface area contributed by atoms with Crippen molar-refractivity contribution in [2.75, 3.05) is 13.1 Å². The third-order valence-corrected chi connectivity index (χ3v) is 5.26. The van der Waals surface area contributed by atoms with E-state index in [1.165, 1.54) is 19.1 Å². The van der Waals surface area contributed by atoms with Gasteiger partial charge in [0.15, 0.2) is 0 Å². The van der Waals surface area contributed by atoms with E-state index < -0.39 is 10.0 Å². The van der Waals surface area contributed by atoms with Crippen LogP contribution in [0.15, 0.2) is 29.2 Å². The van der Waals surface area contributed by atoms with Crippen molar-refractivity contribution in [3.63, 3.8) is 0 Å². The molecule has 1 atom stereocenters. The van der Waals surface area contributed by atoms with Gasteiger partial charge in [-0.25, -0.2) is 13.1 Å². The first kappa shape index (κ1) is 17.9. The lowest BCUT2D eigenvalue weighted by Crippen LogP contribution is -2.42. The number of halogens is 1. The third kappa shape index (κ3) is 4.98. The second-order valence-corrected chi connectivity index (χ2v) is 6.94. The monoisotopic (exact) mass is 332 g/mol. The Bertz CT molecular complexity index is 590. The van der Waals surface area contributed by atoms with E-state index in [0.717, 1.165) is 6.42 Å². The zero-order valence-corrected chi connectivity index (χ0v) is 14.0. The molecule has 21 heavy (non-hydrogen) atoms. The molecule has 7 heteroatoms. The van der Waals surface area contributed by atoms with Crippen molar-refractivity contribution in [3.05, 3.63) is 29.3 Å². The van der Waals surface area contributed by atoms with Crippen LogP contribution in [-0.4, -0.2) is 38.4 Å². The number of carbonyl (C=O) groups is 1. The molecule has 1 amide bonds. The highest BCUT2D eigenvalue weighted by atomic mass is 35.5. The maximum atomic E-state index is 12.1. The van der Waals surface area contributed by atoms with Crippen LogP contribution in [-0.2, 0) is 14.8 Å². The predicted molar refractivity (Wildman–Crippen MR) is 83.8 cm³/mol. The van der Waals surface area contributed by atoms with Gasteiger partial charge in [0.05, 0.1) is 5.02 Å². The Labute approximate surface area is 131 Å². The Morgan fingerprint density at radius 1 is 1.38 bits per heavy atom. The Balaban J connectivity index is 2.70.